The summed E-state index contributed by atoms with van der Waals surface area (Å²) >= 11 is 0. The molecule has 0 aliphatic carbocycles. The maximum absolute atomic E-state index is 12.9. The first-order chi connectivity index (χ1) is 13.9. The van der Waals surface area contributed by atoms with Gasteiger partial charge in [-0.25, -0.2) is 8.42 Å². The quantitative estimate of drug-likeness (QED) is 0.784. The summed E-state index contributed by atoms with van der Waals surface area (Å²) in [6.07, 6.45) is 0.945. The van der Waals surface area contributed by atoms with Crippen LogP contribution in [0.4, 0.5) is 5.69 Å². The molecule has 2 aromatic rings. The molecule has 0 unspecified atom stereocenters. The lowest BCUT2D eigenvalue weighted by molar-refractivity contribution is -0.117. The molecule has 0 saturated carbocycles. The van der Waals surface area contributed by atoms with Gasteiger partial charge in [-0.05, 0) is 36.2 Å². The zero-order chi connectivity index (χ0) is 20.9. The number of carbonyl (C=O) groups is 1. The minimum Gasteiger partial charge on any atom is -0.325 e. The molecule has 1 fully saturated rings. The SMILES string of the molecule is CCc1ccc(NC(=O)CN2CCN(S(=O)(=O)c3ccccc3C#N)CC2)cc1. The summed E-state index contributed by atoms with van der Waals surface area (Å²) in [6.45, 7) is 3.75. The highest BCUT2D eigenvalue weighted by molar-refractivity contribution is 7.89. The van der Waals surface area contributed by atoms with Crippen LogP contribution >= 0.6 is 0 Å². The Hall–Kier alpha value is -2.73. The Morgan fingerprint density at radius 3 is 2.34 bits per heavy atom. The maximum atomic E-state index is 12.9. The van der Waals surface area contributed by atoms with Crippen molar-refractivity contribution in [1.82, 2.24) is 9.21 Å². The Kier molecular flexibility index (Phi) is 6.64. The molecule has 152 valence electrons. The van der Waals surface area contributed by atoms with Crippen molar-refractivity contribution in [3.8, 4) is 6.07 Å². The smallest absolute Gasteiger partial charge is 0.244 e. The number of nitrogens with zero attached hydrogens (tertiary/aromatic N) is 3. The van der Waals surface area contributed by atoms with Gasteiger partial charge in [0, 0.05) is 31.9 Å². The number of rotatable bonds is 6. The average molecular weight is 413 g/mol. The van der Waals surface area contributed by atoms with Crippen molar-refractivity contribution in [3.05, 3.63) is 59.7 Å². The van der Waals surface area contributed by atoms with Gasteiger partial charge in [0.05, 0.1) is 17.0 Å². The molecule has 0 spiro atoms. The predicted molar refractivity (Wildman–Crippen MR) is 111 cm³/mol. The van der Waals surface area contributed by atoms with Crippen molar-refractivity contribution < 1.29 is 13.2 Å². The van der Waals surface area contributed by atoms with E-state index in [1.54, 1.807) is 12.1 Å². The van der Waals surface area contributed by atoms with Crippen molar-refractivity contribution in [2.45, 2.75) is 18.2 Å². The van der Waals surface area contributed by atoms with E-state index in [0.29, 0.717) is 13.1 Å². The lowest BCUT2D eigenvalue weighted by Crippen LogP contribution is -2.50. The number of benzene rings is 2. The molecule has 0 radical (unpaired) electrons. The number of hydrogen-bond acceptors (Lipinski definition) is 5. The third kappa shape index (κ3) is 5.01. The van der Waals surface area contributed by atoms with Gasteiger partial charge < -0.3 is 5.32 Å². The molecule has 29 heavy (non-hydrogen) atoms. The van der Waals surface area contributed by atoms with Crippen LogP contribution in [0.15, 0.2) is 53.4 Å². The number of anilines is 1. The van der Waals surface area contributed by atoms with E-state index in [4.69, 9.17) is 0 Å². The van der Waals surface area contributed by atoms with E-state index >= 15 is 0 Å². The summed E-state index contributed by atoms with van der Waals surface area (Å²) < 4.78 is 27.1. The highest BCUT2D eigenvalue weighted by atomic mass is 32.2. The minimum atomic E-state index is -3.73. The van der Waals surface area contributed by atoms with E-state index < -0.39 is 10.0 Å². The van der Waals surface area contributed by atoms with Crippen molar-refractivity contribution in [3.63, 3.8) is 0 Å². The van der Waals surface area contributed by atoms with E-state index in [-0.39, 0.29) is 36.0 Å². The number of aryl methyl sites for hydroxylation is 1. The Morgan fingerprint density at radius 2 is 1.72 bits per heavy atom. The van der Waals surface area contributed by atoms with Crippen molar-refractivity contribution in [1.29, 1.82) is 5.26 Å². The average Bonchev–Trinajstić information content (AvgIpc) is 2.74. The molecule has 7 nitrogen and oxygen atoms in total. The number of nitrogens with one attached hydrogen (secondary N) is 1. The molecule has 0 atom stereocenters. The summed E-state index contributed by atoms with van der Waals surface area (Å²) in [6, 6.07) is 15.9. The molecule has 2 aromatic carbocycles. The number of carbonyl (C=O) groups excluding carboxylic acids is 1. The van der Waals surface area contributed by atoms with Crippen LogP contribution in [0.1, 0.15) is 18.1 Å². The fourth-order valence-electron chi connectivity index (χ4n) is 3.28. The monoisotopic (exact) mass is 412 g/mol. The van der Waals surface area contributed by atoms with Crippen LogP contribution in [0.3, 0.4) is 0 Å². The molecular weight excluding hydrogens is 388 g/mol. The fourth-order valence-corrected chi connectivity index (χ4v) is 4.84. The van der Waals surface area contributed by atoms with Gasteiger partial charge in [0.2, 0.25) is 15.9 Å². The molecular formula is C21H24N4O3S. The third-order valence-electron chi connectivity index (χ3n) is 4.97. The molecule has 1 amide bonds. The summed E-state index contributed by atoms with van der Waals surface area (Å²) in [4.78, 5) is 14.3. The van der Waals surface area contributed by atoms with Gasteiger partial charge in [-0.15, -0.1) is 0 Å². The topological polar surface area (TPSA) is 93.5 Å². The summed E-state index contributed by atoms with van der Waals surface area (Å²) in [5.41, 5.74) is 2.10. The van der Waals surface area contributed by atoms with E-state index in [2.05, 4.69) is 12.2 Å². The van der Waals surface area contributed by atoms with Crippen LogP contribution in [0.25, 0.3) is 0 Å². The molecule has 1 saturated heterocycles. The fraction of sp³-hybridized carbons (Fsp3) is 0.333. The van der Waals surface area contributed by atoms with E-state index in [1.807, 2.05) is 35.2 Å². The maximum Gasteiger partial charge on any atom is 0.244 e. The summed E-state index contributed by atoms with van der Waals surface area (Å²) in [7, 11) is -3.73. The predicted octanol–water partition coefficient (Wildman–Crippen LogP) is 2.07. The standard InChI is InChI=1S/C21H24N4O3S/c1-2-17-7-9-19(10-8-17)23-21(26)16-24-11-13-25(14-12-24)29(27,28)20-6-4-3-5-18(20)15-22/h3-10H,2,11-14,16H2,1H3,(H,23,26). The van der Waals surface area contributed by atoms with Gasteiger partial charge in [0.25, 0.3) is 0 Å². The third-order valence-corrected chi connectivity index (χ3v) is 6.93. The van der Waals surface area contributed by atoms with Crippen LogP contribution in [0.2, 0.25) is 0 Å². The molecule has 8 heteroatoms. The Labute approximate surface area is 171 Å². The molecule has 1 aliphatic heterocycles. The number of amides is 1. The highest BCUT2D eigenvalue weighted by Crippen LogP contribution is 2.21. The molecule has 3 rings (SSSR count). The van der Waals surface area contributed by atoms with E-state index in [1.165, 1.54) is 22.0 Å². The second kappa shape index (κ2) is 9.18. The normalized spacial score (nSPS) is 15.6. The van der Waals surface area contributed by atoms with Gasteiger partial charge in [-0.1, -0.05) is 31.2 Å². The van der Waals surface area contributed by atoms with Crippen molar-refractivity contribution in [2.24, 2.45) is 0 Å². The lowest BCUT2D eigenvalue weighted by atomic mass is 10.1. The van der Waals surface area contributed by atoms with Crippen LogP contribution in [0.5, 0.6) is 0 Å². The largest absolute Gasteiger partial charge is 0.325 e. The molecule has 1 aliphatic rings. The second-order valence-corrected chi connectivity index (χ2v) is 8.79. The number of hydrogen-bond donors (Lipinski definition) is 1. The second-order valence-electron chi connectivity index (χ2n) is 6.89. The van der Waals surface area contributed by atoms with Gasteiger partial charge in [0.15, 0.2) is 0 Å². The van der Waals surface area contributed by atoms with Crippen molar-refractivity contribution >= 4 is 21.6 Å². The zero-order valence-corrected chi connectivity index (χ0v) is 17.2. The number of piperazine rings is 1. The van der Waals surface area contributed by atoms with Gasteiger partial charge in [0.1, 0.15) is 6.07 Å². The summed E-state index contributed by atoms with van der Waals surface area (Å²) in [5, 5.41) is 12.1. The zero-order valence-electron chi connectivity index (χ0n) is 16.3. The summed E-state index contributed by atoms with van der Waals surface area (Å²) in [5.74, 6) is -0.125. The van der Waals surface area contributed by atoms with Gasteiger partial charge >= 0.3 is 0 Å². The minimum absolute atomic E-state index is 0.0317. The number of nitriles is 1. The first-order valence-electron chi connectivity index (χ1n) is 9.54. The van der Waals surface area contributed by atoms with Crippen LogP contribution in [0, 0.1) is 11.3 Å². The van der Waals surface area contributed by atoms with Crippen LogP contribution in [-0.2, 0) is 21.2 Å². The Balaban J connectivity index is 1.56. The highest BCUT2D eigenvalue weighted by Gasteiger charge is 2.30. The van der Waals surface area contributed by atoms with Crippen LogP contribution in [-0.4, -0.2) is 56.3 Å². The molecule has 0 aromatic heterocycles. The van der Waals surface area contributed by atoms with E-state index in [0.717, 1.165) is 12.1 Å². The van der Waals surface area contributed by atoms with Crippen LogP contribution < -0.4 is 5.32 Å². The molecule has 1 heterocycles. The van der Waals surface area contributed by atoms with Gasteiger partial charge in [-0.2, -0.15) is 9.57 Å². The Bertz CT molecular complexity index is 1000. The first kappa shape index (κ1) is 21.0. The van der Waals surface area contributed by atoms with E-state index in [9.17, 15) is 18.5 Å². The van der Waals surface area contributed by atoms with Crippen molar-refractivity contribution in [2.75, 3.05) is 38.0 Å². The Morgan fingerprint density at radius 1 is 1.07 bits per heavy atom. The molecule has 0 bridgehead atoms. The lowest BCUT2D eigenvalue weighted by Gasteiger charge is -2.33. The number of sulfonamides is 1. The first-order valence-corrected chi connectivity index (χ1v) is 11.0. The molecule has 1 N–H and O–H groups in total. The van der Waals surface area contributed by atoms with Gasteiger partial charge in [-0.3, -0.25) is 9.69 Å².